The van der Waals surface area contributed by atoms with Crippen LogP contribution in [0.25, 0.3) is 0 Å². The van der Waals surface area contributed by atoms with E-state index in [1.165, 1.54) is 13.2 Å². The second kappa shape index (κ2) is 4.52. The van der Waals surface area contributed by atoms with Crippen LogP contribution in [0.4, 0.5) is 8.78 Å². The summed E-state index contributed by atoms with van der Waals surface area (Å²) in [6, 6.07) is 1.21. The number of methoxy groups -OCH3 is 1. The van der Waals surface area contributed by atoms with E-state index in [-0.39, 0.29) is 23.1 Å². The molecule has 0 saturated heterocycles. The van der Waals surface area contributed by atoms with Gasteiger partial charge in [0.25, 0.3) is 6.43 Å². The number of alkyl halides is 2. The second-order valence-electron chi connectivity index (χ2n) is 2.54. The minimum absolute atomic E-state index is 0.0765. The van der Waals surface area contributed by atoms with Crippen molar-refractivity contribution in [1.29, 1.82) is 0 Å². The van der Waals surface area contributed by atoms with Gasteiger partial charge >= 0.3 is 0 Å². The normalized spacial score (nSPS) is 10.7. The zero-order chi connectivity index (χ0) is 10.7. The lowest BCUT2D eigenvalue weighted by molar-refractivity contribution is 0.151. The van der Waals surface area contributed by atoms with Gasteiger partial charge in [0.1, 0.15) is 5.15 Å². The Kier molecular flexibility index (Phi) is 3.60. The first-order valence-corrected chi connectivity index (χ1v) is 4.19. The third kappa shape index (κ3) is 2.10. The lowest BCUT2D eigenvalue weighted by atomic mass is 10.2. The molecule has 0 aromatic carbocycles. The SMILES string of the molecule is COc1nc(Cl)c(C(F)F)cc1CN. The van der Waals surface area contributed by atoms with Crippen LogP contribution < -0.4 is 10.5 Å². The molecule has 1 aromatic rings. The molecule has 0 spiro atoms. The van der Waals surface area contributed by atoms with E-state index in [4.69, 9.17) is 22.1 Å². The van der Waals surface area contributed by atoms with Crippen molar-refractivity contribution < 1.29 is 13.5 Å². The van der Waals surface area contributed by atoms with E-state index in [1.807, 2.05) is 0 Å². The van der Waals surface area contributed by atoms with E-state index in [1.54, 1.807) is 0 Å². The highest BCUT2D eigenvalue weighted by Crippen LogP contribution is 2.29. The first-order valence-electron chi connectivity index (χ1n) is 3.81. The Hall–Kier alpha value is -0.940. The number of hydrogen-bond donors (Lipinski definition) is 1. The van der Waals surface area contributed by atoms with Gasteiger partial charge < -0.3 is 10.5 Å². The van der Waals surface area contributed by atoms with Crippen molar-refractivity contribution in [2.75, 3.05) is 7.11 Å². The van der Waals surface area contributed by atoms with Crippen molar-refractivity contribution in [3.8, 4) is 5.88 Å². The highest BCUT2D eigenvalue weighted by atomic mass is 35.5. The molecule has 0 saturated carbocycles. The summed E-state index contributed by atoms with van der Waals surface area (Å²) >= 11 is 5.52. The maximum absolute atomic E-state index is 12.4. The molecule has 0 atom stereocenters. The quantitative estimate of drug-likeness (QED) is 0.798. The summed E-state index contributed by atoms with van der Waals surface area (Å²) in [5, 5.41) is -0.256. The van der Waals surface area contributed by atoms with Gasteiger partial charge in [-0.05, 0) is 6.07 Å². The highest BCUT2D eigenvalue weighted by molar-refractivity contribution is 6.30. The fourth-order valence-electron chi connectivity index (χ4n) is 1.01. The number of halogens is 3. The predicted molar refractivity (Wildman–Crippen MR) is 48.6 cm³/mol. The van der Waals surface area contributed by atoms with Crippen LogP contribution in [0.3, 0.4) is 0 Å². The number of rotatable bonds is 3. The standard InChI is InChI=1S/C8H9ClF2N2O/c1-14-8-4(3-12)2-5(7(10)11)6(9)13-8/h2,7H,3,12H2,1H3. The molecule has 3 nitrogen and oxygen atoms in total. The molecule has 0 unspecified atom stereocenters. The zero-order valence-corrected chi connectivity index (χ0v) is 8.18. The smallest absolute Gasteiger partial charge is 0.266 e. The van der Waals surface area contributed by atoms with Gasteiger partial charge in [0.15, 0.2) is 0 Å². The van der Waals surface area contributed by atoms with E-state index in [9.17, 15) is 8.78 Å². The molecule has 2 N–H and O–H groups in total. The molecule has 0 aliphatic rings. The zero-order valence-electron chi connectivity index (χ0n) is 7.43. The molecule has 0 amide bonds. The molecule has 1 aromatic heterocycles. The Morgan fingerprint density at radius 2 is 2.29 bits per heavy atom. The summed E-state index contributed by atoms with van der Waals surface area (Å²) in [5.74, 6) is 0.182. The van der Waals surface area contributed by atoms with Crippen molar-refractivity contribution >= 4 is 11.6 Å². The van der Waals surface area contributed by atoms with Crippen LogP contribution >= 0.6 is 11.6 Å². The molecular weight excluding hydrogens is 214 g/mol. The number of aromatic nitrogens is 1. The maximum atomic E-state index is 12.4. The predicted octanol–water partition coefficient (Wildman–Crippen LogP) is 2.14. The van der Waals surface area contributed by atoms with E-state index in [0.717, 1.165) is 0 Å². The van der Waals surface area contributed by atoms with Gasteiger partial charge in [-0.2, -0.15) is 0 Å². The van der Waals surface area contributed by atoms with Crippen LogP contribution in [0.1, 0.15) is 17.6 Å². The monoisotopic (exact) mass is 222 g/mol. The first kappa shape index (κ1) is 11.1. The Morgan fingerprint density at radius 1 is 1.64 bits per heavy atom. The van der Waals surface area contributed by atoms with Gasteiger partial charge in [-0.15, -0.1) is 0 Å². The number of nitrogens with zero attached hydrogens (tertiary/aromatic N) is 1. The molecular formula is C8H9ClF2N2O. The number of nitrogens with two attached hydrogens (primary N) is 1. The van der Waals surface area contributed by atoms with E-state index in [0.29, 0.717) is 5.56 Å². The summed E-state index contributed by atoms with van der Waals surface area (Å²) in [7, 11) is 1.37. The lowest BCUT2D eigenvalue weighted by Crippen LogP contribution is -2.04. The second-order valence-corrected chi connectivity index (χ2v) is 2.90. The molecule has 78 valence electrons. The van der Waals surface area contributed by atoms with Gasteiger partial charge in [-0.1, -0.05) is 11.6 Å². The summed E-state index contributed by atoms with van der Waals surface area (Å²) in [6.07, 6.45) is -2.66. The molecule has 6 heteroatoms. The minimum atomic E-state index is -2.66. The fraction of sp³-hybridized carbons (Fsp3) is 0.375. The topological polar surface area (TPSA) is 48.1 Å². The summed E-state index contributed by atoms with van der Waals surface area (Å²) in [5.41, 5.74) is 5.42. The highest BCUT2D eigenvalue weighted by Gasteiger charge is 2.16. The largest absolute Gasteiger partial charge is 0.481 e. The van der Waals surface area contributed by atoms with E-state index >= 15 is 0 Å². The number of pyridine rings is 1. The third-order valence-electron chi connectivity index (χ3n) is 1.69. The summed E-state index contributed by atoms with van der Waals surface area (Å²) in [4.78, 5) is 3.67. The van der Waals surface area contributed by atoms with E-state index < -0.39 is 6.43 Å². The third-order valence-corrected chi connectivity index (χ3v) is 1.99. The van der Waals surface area contributed by atoms with Gasteiger partial charge in [0, 0.05) is 12.1 Å². The van der Waals surface area contributed by atoms with Crippen LogP contribution in [0.2, 0.25) is 5.15 Å². The van der Waals surface area contributed by atoms with Crippen LogP contribution in [0, 0.1) is 0 Å². The van der Waals surface area contributed by atoms with Crippen molar-refractivity contribution in [1.82, 2.24) is 4.98 Å². The number of ether oxygens (including phenoxy) is 1. The van der Waals surface area contributed by atoms with Gasteiger partial charge in [0.05, 0.1) is 12.7 Å². The van der Waals surface area contributed by atoms with Crippen molar-refractivity contribution in [2.45, 2.75) is 13.0 Å². The maximum Gasteiger partial charge on any atom is 0.266 e. The Morgan fingerprint density at radius 3 is 2.71 bits per heavy atom. The Labute approximate surface area is 84.8 Å². The number of hydrogen-bond acceptors (Lipinski definition) is 3. The van der Waals surface area contributed by atoms with Crippen LogP contribution in [-0.4, -0.2) is 12.1 Å². The molecule has 14 heavy (non-hydrogen) atoms. The molecule has 0 radical (unpaired) electrons. The van der Waals surface area contributed by atoms with Crippen LogP contribution in [0.5, 0.6) is 5.88 Å². The minimum Gasteiger partial charge on any atom is -0.481 e. The van der Waals surface area contributed by atoms with E-state index in [2.05, 4.69) is 4.98 Å². The van der Waals surface area contributed by atoms with Crippen molar-refractivity contribution in [3.05, 3.63) is 22.3 Å². The fourth-order valence-corrected chi connectivity index (χ4v) is 1.22. The molecule has 0 fully saturated rings. The van der Waals surface area contributed by atoms with Gasteiger partial charge in [0.2, 0.25) is 5.88 Å². The van der Waals surface area contributed by atoms with Crippen molar-refractivity contribution in [2.24, 2.45) is 5.73 Å². The molecule has 0 bridgehead atoms. The average molecular weight is 223 g/mol. The Balaban J connectivity index is 3.23. The summed E-state index contributed by atoms with van der Waals surface area (Å²) < 4.78 is 29.6. The Bertz CT molecular complexity index is 333. The van der Waals surface area contributed by atoms with Crippen LogP contribution in [0.15, 0.2) is 6.07 Å². The van der Waals surface area contributed by atoms with Gasteiger partial charge in [-0.3, -0.25) is 0 Å². The lowest BCUT2D eigenvalue weighted by Gasteiger charge is -2.09. The summed E-state index contributed by atoms with van der Waals surface area (Å²) in [6.45, 7) is 0.0765. The molecule has 0 aliphatic heterocycles. The average Bonchev–Trinajstić information content (AvgIpc) is 2.16. The van der Waals surface area contributed by atoms with Gasteiger partial charge in [-0.25, -0.2) is 13.8 Å². The molecule has 0 aliphatic carbocycles. The first-order chi connectivity index (χ1) is 6.60. The van der Waals surface area contributed by atoms with Crippen molar-refractivity contribution in [3.63, 3.8) is 0 Å². The molecule has 1 rings (SSSR count). The van der Waals surface area contributed by atoms with Crippen LogP contribution in [-0.2, 0) is 6.54 Å². The molecule has 1 heterocycles.